The molecule has 6 nitrogen and oxygen atoms in total. The number of imide groups is 1. The fourth-order valence-electron chi connectivity index (χ4n) is 2.18. The van der Waals surface area contributed by atoms with Crippen LogP contribution in [0.4, 0.5) is 4.79 Å². The van der Waals surface area contributed by atoms with Gasteiger partial charge in [0.15, 0.2) is 0 Å². The van der Waals surface area contributed by atoms with E-state index in [4.69, 9.17) is 5.73 Å². The smallest absolute Gasteiger partial charge is 0.318 e. The van der Waals surface area contributed by atoms with Crippen molar-refractivity contribution in [2.45, 2.75) is 32.2 Å². The van der Waals surface area contributed by atoms with E-state index >= 15 is 0 Å². The van der Waals surface area contributed by atoms with Gasteiger partial charge in [0, 0.05) is 12.6 Å². The highest BCUT2D eigenvalue weighted by molar-refractivity contribution is 5.94. The van der Waals surface area contributed by atoms with Crippen LogP contribution >= 0.6 is 0 Å². The first-order chi connectivity index (χ1) is 8.13. The molecule has 98 valence electrons. The molecule has 0 aliphatic carbocycles. The molecule has 17 heavy (non-hydrogen) atoms. The summed E-state index contributed by atoms with van der Waals surface area (Å²) >= 11 is 0. The standard InChI is InChI=1S/C11H22N4O2/c1-2-6-15(8-10(16)14-11(12)17)9-4-3-5-13-7-9/h9,13H,2-8H2,1H3,(H3,12,14,16,17). The van der Waals surface area contributed by atoms with Crippen LogP contribution < -0.4 is 16.4 Å². The third kappa shape index (κ3) is 5.14. The first-order valence-corrected chi connectivity index (χ1v) is 6.17. The summed E-state index contributed by atoms with van der Waals surface area (Å²) in [7, 11) is 0. The molecule has 1 atom stereocenters. The van der Waals surface area contributed by atoms with Gasteiger partial charge in [-0.1, -0.05) is 6.92 Å². The number of amides is 3. The molecule has 3 amide bonds. The highest BCUT2D eigenvalue weighted by Crippen LogP contribution is 2.10. The Morgan fingerprint density at radius 2 is 2.29 bits per heavy atom. The largest absolute Gasteiger partial charge is 0.351 e. The Bertz CT molecular complexity index is 264. The minimum Gasteiger partial charge on any atom is -0.351 e. The maximum Gasteiger partial charge on any atom is 0.318 e. The molecule has 1 aliphatic rings. The van der Waals surface area contributed by atoms with Crippen molar-refractivity contribution < 1.29 is 9.59 Å². The zero-order valence-electron chi connectivity index (χ0n) is 10.4. The summed E-state index contributed by atoms with van der Waals surface area (Å²) in [6.07, 6.45) is 3.21. The molecule has 0 saturated carbocycles. The summed E-state index contributed by atoms with van der Waals surface area (Å²) < 4.78 is 0. The molecule has 1 saturated heterocycles. The number of primary amides is 1. The van der Waals surface area contributed by atoms with Crippen LogP contribution in [-0.2, 0) is 4.79 Å². The molecular weight excluding hydrogens is 220 g/mol. The molecule has 0 aromatic carbocycles. The van der Waals surface area contributed by atoms with Crippen molar-refractivity contribution in [3.05, 3.63) is 0 Å². The third-order valence-electron chi connectivity index (χ3n) is 2.91. The van der Waals surface area contributed by atoms with Gasteiger partial charge in [0.2, 0.25) is 5.91 Å². The minimum absolute atomic E-state index is 0.239. The zero-order valence-corrected chi connectivity index (χ0v) is 10.4. The number of nitrogens with two attached hydrogens (primary N) is 1. The van der Waals surface area contributed by atoms with Gasteiger partial charge in [-0.15, -0.1) is 0 Å². The predicted molar refractivity (Wildman–Crippen MR) is 65.5 cm³/mol. The molecule has 0 spiro atoms. The number of hydrogen-bond acceptors (Lipinski definition) is 4. The van der Waals surface area contributed by atoms with Crippen LogP contribution in [0.2, 0.25) is 0 Å². The van der Waals surface area contributed by atoms with Crippen molar-refractivity contribution in [2.24, 2.45) is 5.73 Å². The second kappa shape index (κ2) is 7.24. The predicted octanol–water partition coefficient (Wildman–Crippen LogP) is -0.355. The summed E-state index contributed by atoms with van der Waals surface area (Å²) in [4.78, 5) is 24.2. The van der Waals surface area contributed by atoms with Crippen LogP contribution in [0.15, 0.2) is 0 Å². The van der Waals surface area contributed by atoms with Gasteiger partial charge in [0.05, 0.1) is 6.54 Å². The van der Waals surface area contributed by atoms with E-state index < -0.39 is 6.03 Å². The summed E-state index contributed by atoms with van der Waals surface area (Å²) in [5, 5.41) is 5.43. The molecule has 1 aliphatic heterocycles. The van der Waals surface area contributed by atoms with E-state index in [1.807, 2.05) is 0 Å². The number of piperidine rings is 1. The fourth-order valence-corrected chi connectivity index (χ4v) is 2.18. The van der Waals surface area contributed by atoms with Crippen molar-refractivity contribution in [1.82, 2.24) is 15.5 Å². The summed E-state index contributed by atoms with van der Waals surface area (Å²) in [5.41, 5.74) is 4.92. The summed E-state index contributed by atoms with van der Waals surface area (Å²) in [6, 6.07) is -0.407. The lowest BCUT2D eigenvalue weighted by molar-refractivity contribution is -0.121. The Morgan fingerprint density at radius 1 is 1.53 bits per heavy atom. The van der Waals surface area contributed by atoms with Crippen molar-refractivity contribution in [3.63, 3.8) is 0 Å². The maximum absolute atomic E-state index is 11.5. The van der Waals surface area contributed by atoms with E-state index in [-0.39, 0.29) is 12.5 Å². The Morgan fingerprint density at radius 3 is 2.82 bits per heavy atom. The van der Waals surface area contributed by atoms with Gasteiger partial charge in [-0.05, 0) is 32.4 Å². The second-order valence-corrected chi connectivity index (χ2v) is 4.38. The normalized spacial score (nSPS) is 20.2. The summed E-state index contributed by atoms with van der Waals surface area (Å²) in [5.74, 6) is -0.323. The van der Waals surface area contributed by atoms with Gasteiger partial charge in [-0.3, -0.25) is 15.0 Å². The van der Waals surface area contributed by atoms with Crippen LogP contribution in [0.3, 0.4) is 0 Å². The third-order valence-corrected chi connectivity index (χ3v) is 2.91. The number of rotatable bonds is 5. The van der Waals surface area contributed by atoms with Gasteiger partial charge in [-0.2, -0.15) is 0 Å². The second-order valence-electron chi connectivity index (χ2n) is 4.38. The molecule has 1 fully saturated rings. The van der Waals surface area contributed by atoms with Gasteiger partial charge in [0.1, 0.15) is 0 Å². The molecule has 1 heterocycles. The van der Waals surface area contributed by atoms with Crippen molar-refractivity contribution in [1.29, 1.82) is 0 Å². The highest BCUT2D eigenvalue weighted by Gasteiger charge is 2.22. The molecule has 1 unspecified atom stereocenters. The lowest BCUT2D eigenvalue weighted by Crippen LogP contribution is -2.50. The molecule has 1 rings (SSSR count). The van der Waals surface area contributed by atoms with E-state index in [0.717, 1.165) is 38.9 Å². The Kier molecular flexibility index (Phi) is 5.93. The average Bonchev–Trinajstić information content (AvgIpc) is 2.28. The number of urea groups is 1. The van der Waals surface area contributed by atoms with Crippen LogP contribution in [0, 0.1) is 0 Å². The molecule has 0 radical (unpaired) electrons. The quantitative estimate of drug-likeness (QED) is 0.614. The molecule has 4 N–H and O–H groups in total. The SMILES string of the molecule is CCCN(CC(=O)NC(N)=O)C1CCCNC1. The number of carbonyl (C=O) groups is 2. The van der Waals surface area contributed by atoms with Crippen LogP contribution in [0.25, 0.3) is 0 Å². The van der Waals surface area contributed by atoms with E-state index in [1.54, 1.807) is 0 Å². The van der Waals surface area contributed by atoms with Crippen molar-refractivity contribution >= 4 is 11.9 Å². The molecule has 0 bridgehead atoms. The monoisotopic (exact) mass is 242 g/mol. The number of nitrogens with zero attached hydrogens (tertiary/aromatic N) is 1. The first-order valence-electron chi connectivity index (χ1n) is 6.17. The van der Waals surface area contributed by atoms with E-state index in [9.17, 15) is 9.59 Å². The number of nitrogens with one attached hydrogen (secondary N) is 2. The van der Waals surface area contributed by atoms with Gasteiger partial charge < -0.3 is 11.1 Å². The zero-order chi connectivity index (χ0) is 12.7. The van der Waals surface area contributed by atoms with Crippen molar-refractivity contribution in [2.75, 3.05) is 26.2 Å². The Balaban J connectivity index is 2.46. The van der Waals surface area contributed by atoms with Crippen molar-refractivity contribution in [3.8, 4) is 0 Å². The van der Waals surface area contributed by atoms with E-state index in [0.29, 0.717) is 6.04 Å². The van der Waals surface area contributed by atoms with Crippen LogP contribution in [0.5, 0.6) is 0 Å². The van der Waals surface area contributed by atoms with Gasteiger partial charge in [0.25, 0.3) is 0 Å². The van der Waals surface area contributed by atoms with E-state index in [1.165, 1.54) is 0 Å². The van der Waals surface area contributed by atoms with Crippen LogP contribution in [-0.4, -0.2) is 49.1 Å². The fraction of sp³-hybridized carbons (Fsp3) is 0.818. The Hall–Kier alpha value is -1.14. The lowest BCUT2D eigenvalue weighted by atomic mass is 10.1. The van der Waals surface area contributed by atoms with E-state index in [2.05, 4.69) is 22.5 Å². The Labute approximate surface area is 102 Å². The van der Waals surface area contributed by atoms with Crippen LogP contribution in [0.1, 0.15) is 26.2 Å². The summed E-state index contributed by atoms with van der Waals surface area (Å²) in [6.45, 7) is 5.13. The first kappa shape index (κ1) is 13.9. The number of carbonyl (C=O) groups excluding carboxylic acids is 2. The molecule has 6 heteroatoms. The molecule has 0 aromatic rings. The molecular formula is C11H22N4O2. The topological polar surface area (TPSA) is 87.5 Å². The van der Waals surface area contributed by atoms with Gasteiger partial charge in [-0.25, -0.2) is 4.79 Å². The number of hydrogen-bond donors (Lipinski definition) is 3. The van der Waals surface area contributed by atoms with Gasteiger partial charge >= 0.3 is 6.03 Å². The highest BCUT2D eigenvalue weighted by atomic mass is 16.2. The average molecular weight is 242 g/mol. The lowest BCUT2D eigenvalue weighted by Gasteiger charge is -2.33. The molecule has 0 aromatic heterocycles. The minimum atomic E-state index is -0.784. The maximum atomic E-state index is 11.5.